The first-order valence-electron chi connectivity index (χ1n) is 12.2. The van der Waals surface area contributed by atoms with Crippen LogP contribution in [0.3, 0.4) is 0 Å². The lowest BCUT2D eigenvalue weighted by Gasteiger charge is -2.39. The molecule has 1 N–H and O–H groups in total. The minimum Gasteiger partial charge on any atom is -0.493 e. The largest absolute Gasteiger partial charge is 0.493 e. The van der Waals surface area contributed by atoms with Gasteiger partial charge in [0.15, 0.2) is 11.5 Å². The number of urea groups is 1. The van der Waals surface area contributed by atoms with E-state index in [1.807, 2.05) is 24.3 Å². The number of rotatable bonds is 5. The summed E-state index contributed by atoms with van der Waals surface area (Å²) < 4.78 is 11.1. The summed E-state index contributed by atoms with van der Waals surface area (Å²) in [6.07, 6.45) is 6.46. The Morgan fingerprint density at radius 1 is 0.971 bits per heavy atom. The fraction of sp³-hybridized carbons (Fsp3) is 0.481. The van der Waals surface area contributed by atoms with Gasteiger partial charge in [0, 0.05) is 6.54 Å². The number of hydrogen-bond donors (Lipinski definition) is 1. The van der Waals surface area contributed by atoms with E-state index in [4.69, 9.17) is 9.47 Å². The molecule has 2 aromatic carbocycles. The minimum atomic E-state index is -0.722. The third-order valence-electron chi connectivity index (χ3n) is 7.61. The second kappa shape index (κ2) is 9.29. The van der Waals surface area contributed by atoms with Crippen molar-refractivity contribution in [2.24, 2.45) is 0 Å². The van der Waals surface area contributed by atoms with Crippen molar-refractivity contribution >= 4 is 11.9 Å². The molecule has 2 aromatic rings. The number of fused-ring (bicyclic) bond motifs is 1. The van der Waals surface area contributed by atoms with Crippen molar-refractivity contribution in [3.05, 3.63) is 59.2 Å². The Labute approximate surface area is 201 Å². The van der Waals surface area contributed by atoms with Crippen molar-refractivity contribution in [1.82, 2.24) is 15.1 Å². The number of nitrogens with one attached hydrogen (secondary N) is 1. The number of hydrogen-bond acceptors (Lipinski definition) is 5. The van der Waals surface area contributed by atoms with Crippen molar-refractivity contribution in [3.63, 3.8) is 0 Å². The number of carbonyl (C=O) groups excluding carboxylic acids is 2. The maximum Gasteiger partial charge on any atom is 0.326 e. The summed E-state index contributed by atoms with van der Waals surface area (Å²) in [6.45, 7) is 0.992. The van der Waals surface area contributed by atoms with Gasteiger partial charge in [-0.1, -0.05) is 56.0 Å². The molecule has 2 fully saturated rings. The van der Waals surface area contributed by atoms with Gasteiger partial charge >= 0.3 is 6.03 Å². The molecule has 0 bridgehead atoms. The molecule has 180 valence electrons. The quantitative estimate of drug-likeness (QED) is 0.671. The predicted molar refractivity (Wildman–Crippen MR) is 129 cm³/mol. The van der Waals surface area contributed by atoms with Crippen LogP contribution in [0.25, 0.3) is 0 Å². The Hall–Kier alpha value is -3.06. The zero-order valence-corrected chi connectivity index (χ0v) is 20.0. The van der Waals surface area contributed by atoms with Crippen LogP contribution in [0.5, 0.6) is 11.5 Å². The van der Waals surface area contributed by atoms with Crippen LogP contribution in [0.1, 0.15) is 61.3 Å². The molecular formula is C27H33N3O4. The molecule has 5 rings (SSSR count). The smallest absolute Gasteiger partial charge is 0.326 e. The lowest BCUT2D eigenvalue weighted by molar-refractivity contribution is -0.133. The summed E-state index contributed by atoms with van der Waals surface area (Å²) >= 11 is 0. The molecule has 7 heteroatoms. The van der Waals surface area contributed by atoms with Gasteiger partial charge < -0.3 is 14.8 Å². The second-order valence-electron chi connectivity index (χ2n) is 9.58. The number of amides is 3. The summed E-state index contributed by atoms with van der Waals surface area (Å²) in [6, 6.07) is 14.0. The minimum absolute atomic E-state index is 0.0654. The summed E-state index contributed by atoms with van der Waals surface area (Å²) in [5.41, 5.74) is 2.71. The molecule has 1 aliphatic carbocycles. The van der Waals surface area contributed by atoms with Crippen molar-refractivity contribution in [2.45, 2.75) is 56.5 Å². The van der Waals surface area contributed by atoms with Crippen LogP contribution in [0.4, 0.5) is 4.79 Å². The number of imide groups is 1. The van der Waals surface area contributed by atoms with E-state index >= 15 is 0 Å². The summed E-state index contributed by atoms with van der Waals surface area (Å²) in [7, 11) is 3.29. The van der Waals surface area contributed by atoms with Crippen molar-refractivity contribution in [1.29, 1.82) is 0 Å². The van der Waals surface area contributed by atoms with Crippen LogP contribution in [-0.4, -0.2) is 54.7 Å². The van der Waals surface area contributed by atoms with Gasteiger partial charge in [-0.3, -0.25) is 9.69 Å². The van der Waals surface area contributed by atoms with Gasteiger partial charge in [-0.25, -0.2) is 9.69 Å². The summed E-state index contributed by atoms with van der Waals surface area (Å²) in [4.78, 5) is 30.3. The summed E-state index contributed by atoms with van der Waals surface area (Å²) in [5.74, 6) is 1.33. The molecule has 0 aromatic heterocycles. The fourth-order valence-electron chi connectivity index (χ4n) is 5.83. The Morgan fingerprint density at radius 3 is 2.32 bits per heavy atom. The van der Waals surface area contributed by atoms with Crippen LogP contribution >= 0.6 is 0 Å². The van der Waals surface area contributed by atoms with Crippen LogP contribution < -0.4 is 14.8 Å². The topological polar surface area (TPSA) is 71.1 Å². The normalized spacial score (nSPS) is 22.3. The lowest BCUT2D eigenvalue weighted by atomic mass is 9.87. The van der Waals surface area contributed by atoms with E-state index in [1.54, 1.807) is 14.2 Å². The van der Waals surface area contributed by atoms with E-state index in [0.717, 1.165) is 62.6 Å². The van der Waals surface area contributed by atoms with Gasteiger partial charge in [0.25, 0.3) is 5.91 Å². The number of ether oxygens (including phenoxy) is 2. The average Bonchev–Trinajstić information content (AvgIpc) is 3.01. The average molecular weight is 464 g/mol. The maximum atomic E-state index is 13.6. The standard InChI is InChI=1S/C27H33N3O4/c1-33-22-16-20-12-15-29(24(19-10-6-5-7-11-19)21(20)17-23(22)34-2)18-30-25(31)27(28-26(30)32)13-8-3-4-9-14-27/h5-7,10-11,16-17,24H,3-4,8-9,12-15,18H2,1-2H3,(H,28,32)/t24-/m1/s1. The third kappa shape index (κ3) is 3.92. The van der Waals surface area contributed by atoms with Gasteiger partial charge in [0.05, 0.1) is 26.9 Å². The Bertz CT molecular complexity index is 1060. The Balaban J connectivity index is 1.49. The van der Waals surface area contributed by atoms with Crippen molar-refractivity contribution in [2.75, 3.05) is 27.4 Å². The molecule has 34 heavy (non-hydrogen) atoms. The van der Waals surface area contributed by atoms with Crippen LogP contribution in [0, 0.1) is 0 Å². The van der Waals surface area contributed by atoms with Gasteiger partial charge in [-0.2, -0.15) is 0 Å². The molecule has 1 atom stereocenters. The highest BCUT2D eigenvalue weighted by molar-refractivity contribution is 6.07. The van der Waals surface area contributed by atoms with Gasteiger partial charge in [-0.15, -0.1) is 0 Å². The van der Waals surface area contributed by atoms with Crippen LogP contribution in [-0.2, 0) is 11.2 Å². The molecule has 2 aliphatic heterocycles. The van der Waals surface area contributed by atoms with Crippen LogP contribution in [0.15, 0.2) is 42.5 Å². The molecule has 7 nitrogen and oxygen atoms in total. The van der Waals surface area contributed by atoms with E-state index in [2.05, 4.69) is 28.4 Å². The van der Waals surface area contributed by atoms with E-state index < -0.39 is 5.54 Å². The number of nitrogens with zero attached hydrogens (tertiary/aromatic N) is 2. The fourth-order valence-corrected chi connectivity index (χ4v) is 5.83. The molecule has 1 spiro atoms. The Kier molecular flexibility index (Phi) is 6.21. The van der Waals surface area contributed by atoms with Gasteiger partial charge in [0.1, 0.15) is 5.54 Å². The SMILES string of the molecule is COc1cc2c(cc1OC)[C@@H](c1ccccc1)N(CN1C(=O)NC3(CCCCCC3)C1=O)CC2. The van der Waals surface area contributed by atoms with Gasteiger partial charge in [0.2, 0.25) is 0 Å². The first-order valence-corrected chi connectivity index (χ1v) is 12.2. The highest BCUT2D eigenvalue weighted by Crippen LogP contribution is 2.41. The third-order valence-corrected chi connectivity index (χ3v) is 7.61. The molecule has 1 saturated heterocycles. The van der Waals surface area contributed by atoms with Crippen molar-refractivity contribution in [3.8, 4) is 11.5 Å². The maximum absolute atomic E-state index is 13.6. The van der Waals surface area contributed by atoms with E-state index in [0.29, 0.717) is 11.5 Å². The van der Waals surface area contributed by atoms with Crippen LogP contribution in [0.2, 0.25) is 0 Å². The Morgan fingerprint density at radius 2 is 1.65 bits per heavy atom. The molecular weight excluding hydrogens is 430 g/mol. The highest BCUT2D eigenvalue weighted by atomic mass is 16.5. The number of carbonyl (C=O) groups is 2. The molecule has 2 heterocycles. The van der Waals surface area contributed by atoms with E-state index in [-0.39, 0.29) is 24.6 Å². The molecule has 0 radical (unpaired) electrons. The second-order valence-corrected chi connectivity index (χ2v) is 9.58. The lowest BCUT2D eigenvalue weighted by Crippen LogP contribution is -2.49. The zero-order chi connectivity index (χ0) is 23.7. The predicted octanol–water partition coefficient (Wildman–Crippen LogP) is 4.25. The molecule has 3 aliphatic rings. The molecule has 1 saturated carbocycles. The van der Waals surface area contributed by atoms with E-state index in [1.165, 1.54) is 10.5 Å². The zero-order valence-electron chi connectivity index (χ0n) is 20.0. The van der Waals surface area contributed by atoms with Gasteiger partial charge in [-0.05, 0) is 48.1 Å². The number of benzene rings is 2. The summed E-state index contributed by atoms with van der Waals surface area (Å²) in [5, 5.41) is 3.08. The first kappa shape index (κ1) is 22.7. The van der Waals surface area contributed by atoms with Crippen molar-refractivity contribution < 1.29 is 19.1 Å². The highest BCUT2D eigenvalue weighted by Gasteiger charge is 2.51. The first-order chi connectivity index (χ1) is 16.6. The monoisotopic (exact) mass is 463 g/mol. The molecule has 0 unspecified atom stereocenters. The van der Waals surface area contributed by atoms with E-state index in [9.17, 15) is 9.59 Å². The molecule has 3 amide bonds. The number of methoxy groups -OCH3 is 2.